The second kappa shape index (κ2) is 5.73. The fraction of sp³-hybridized carbons (Fsp3) is 0.500. The molecule has 1 aliphatic heterocycles. The van der Waals surface area contributed by atoms with Crippen molar-refractivity contribution in [1.29, 1.82) is 0 Å². The molecule has 0 aromatic heterocycles. The number of carbonyl (C=O) groups excluding carboxylic acids is 1. The lowest BCUT2D eigenvalue weighted by molar-refractivity contribution is -0.125. The highest BCUT2D eigenvalue weighted by Gasteiger charge is 2.15. The van der Waals surface area contributed by atoms with Crippen LogP contribution in [0.25, 0.3) is 0 Å². The molecule has 1 fully saturated rings. The lowest BCUT2D eigenvalue weighted by Gasteiger charge is -2.05. The minimum absolute atomic E-state index is 0.208. The Morgan fingerprint density at radius 3 is 2.25 bits per heavy atom. The Balaban J connectivity index is 0.000000261. The first kappa shape index (κ1) is 11.1. The molecule has 0 aliphatic carbocycles. The third-order valence-corrected chi connectivity index (χ3v) is 1.33. The van der Waals surface area contributed by atoms with Crippen LogP contribution in [0.2, 0.25) is 0 Å². The van der Waals surface area contributed by atoms with Crippen LogP contribution in [0.15, 0.2) is 12.8 Å². The van der Waals surface area contributed by atoms with Crippen molar-refractivity contribution in [3.8, 4) is 0 Å². The fourth-order valence-electron chi connectivity index (χ4n) is 0.862. The van der Waals surface area contributed by atoms with Crippen LogP contribution in [-0.2, 0) is 15.7 Å². The van der Waals surface area contributed by atoms with Gasteiger partial charge >= 0.3 is 0 Å². The highest BCUT2D eigenvalue weighted by molar-refractivity contribution is 7.69. The van der Waals surface area contributed by atoms with Gasteiger partial charge in [-0.25, -0.2) is 13.6 Å². The first-order chi connectivity index (χ1) is 5.57. The molecular weight excluding hydrogens is 180 g/mol. The van der Waals surface area contributed by atoms with E-state index in [0.717, 1.165) is 13.0 Å². The molecule has 0 aromatic rings. The second-order valence-electron chi connectivity index (χ2n) is 2.16. The number of rotatable bonds is 1. The zero-order valence-electron chi connectivity index (χ0n) is 6.60. The van der Waals surface area contributed by atoms with Gasteiger partial charge in [-0.3, -0.25) is 4.79 Å². The Bertz CT molecular complexity index is 229. The van der Waals surface area contributed by atoms with E-state index in [4.69, 9.17) is 8.42 Å². The summed E-state index contributed by atoms with van der Waals surface area (Å²) in [7, 11) is -2.62. The highest BCUT2D eigenvalue weighted by Crippen LogP contribution is 2.08. The molecule has 0 saturated carbocycles. The summed E-state index contributed by atoms with van der Waals surface area (Å²) >= 11 is 0. The van der Waals surface area contributed by atoms with Crippen LogP contribution in [-0.4, -0.2) is 25.8 Å². The summed E-state index contributed by atoms with van der Waals surface area (Å²) in [5.74, 6) is 0.208. The van der Waals surface area contributed by atoms with Gasteiger partial charge in [0.15, 0.2) is 10.9 Å². The second-order valence-corrected chi connectivity index (χ2v) is 2.73. The Labute approximate surface area is 72.9 Å². The standard InChI is InChI=1S/C6H9NO.H3NO2S/c1-2-7-5-3-4-6(7)8;1-4(2)3/h2H,1,3-5H2;4H,(H2,1,2,3). The van der Waals surface area contributed by atoms with Crippen molar-refractivity contribution in [2.45, 2.75) is 12.8 Å². The Morgan fingerprint density at radius 1 is 1.58 bits per heavy atom. The number of nitrogens with two attached hydrogens (primary N) is 1. The summed E-state index contributed by atoms with van der Waals surface area (Å²) in [6, 6.07) is 0. The molecule has 70 valence electrons. The van der Waals surface area contributed by atoms with E-state index >= 15 is 0 Å². The third kappa shape index (κ3) is 4.86. The summed E-state index contributed by atoms with van der Waals surface area (Å²) in [5, 5.41) is 4.06. The van der Waals surface area contributed by atoms with Crippen LogP contribution < -0.4 is 5.14 Å². The van der Waals surface area contributed by atoms with E-state index in [0.29, 0.717) is 6.42 Å². The van der Waals surface area contributed by atoms with Crippen molar-refractivity contribution >= 4 is 16.8 Å². The van der Waals surface area contributed by atoms with Crippen molar-refractivity contribution < 1.29 is 13.2 Å². The fourth-order valence-corrected chi connectivity index (χ4v) is 0.862. The van der Waals surface area contributed by atoms with Gasteiger partial charge in [-0.05, 0) is 12.6 Å². The van der Waals surface area contributed by atoms with Gasteiger partial charge < -0.3 is 4.90 Å². The zero-order valence-corrected chi connectivity index (χ0v) is 7.50. The summed E-state index contributed by atoms with van der Waals surface area (Å²) in [6.45, 7) is 4.36. The average Bonchev–Trinajstić information content (AvgIpc) is 2.33. The number of carbonyl (C=O) groups is 1. The van der Waals surface area contributed by atoms with E-state index in [9.17, 15) is 4.79 Å². The van der Waals surface area contributed by atoms with Gasteiger partial charge in [-0.15, -0.1) is 0 Å². The number of likely N-dealkylation sites (tertiary alicyclic amines) is 1. The number of thiol groups is 1. The monoisotopic (exact) mass is 192 g/mol. The quantitative estimate of drug-likeness (QED) is 0.535. The minimum atomic E-state index is -2.62. The van der Waals surface area contributed by atoms with Crippen LogP contribution in [0.3, 0.4) is 0 Å². The van der Waals surface area contributed by atoms with E-state index < -0.39 is 10.9 Å². The van der Waals surface area contributed by atoms with Gasteiger partial charge in [0, 0.05) is 13.0 Å². The molecule has 1 aliphatic rings. The van der Waals surface area contributed by atoms with Gasteiger partial charge in [0.1, 0.15) is 0 Å². The molecule has 1 saturated heterocycles. The summed E-state index contributed by atoms with van der Waals surface area (Å²) in [5.41, 5.74) is 0. The molecule has 1 rings (SSSR count). The normalized spacial score (nSPS) is 15.8. The maximum Gasteiger partial charge on any atom is 0.226 e. The van der Waals surface area contributed by atoms with E-state index in [1.54, 1.807) is 11.1 Å². The van der Waals surface area contributed by atoms with Crippen molar-refractivity contribution in [2.75, 3.05) is 6.54 Å². The Kier molecular flexibility index (Phi) is 5.31. The summed E-state index contributed by atoms with van der Waals surface area (Å²) < 4.78 is 17.6. The van der Waals surface area contributed by atoms with E-state index in [1.807, 2.05) is 0 Å². The first-order valence-electron chi connectivity index (χ1n) is 3.39. The molecular formula is C6H12N2O3S. The molecule has 6 heteroatoms. The van der Waals surface area contributed by atoms with E-state index in [2.05, 4.69) is 11.7 Å². The van der Waals surface area contributed by atoms with E-state index in [1.165, 1.54) is 0 Å². The lowest BCUT2D eigenvalue weighted by Crippen LogP contribution is -2.16. The van der Waals surface area contributed by atoms with Crippen LogP contribution in [0.5, 0.6) is 0 Å². The Hall–Kier alpha value is -0.880. The largest absolute Gasteiger partial charge is 0.320 e. The lowest BCUT2D eigenvalue weighted by atomic mass is 10.4. The molecule has 0 radical (unpaired) electrons. The van der Waals surface area contributed by atoms with E-state index in [-0.39, 0.29) is 5.91 Å². The minimum Gasteiger partial charge on any atom is -0.320 e. The topological polar surface area (TPSA) is 80.5 Å². The van der Waals surface area contributed by atoms with Gasteiger partial charge in [0.05, 0.1) is 0 Å². The van der Waals surface area contributed by atoms with Gasteiger partial charge in [-0.1, -0.05) is 6.58 Å². The number of hydrogen-bond acceptors (Lipinski definition) is 3. The predicted molar refractivity (Wildman–Crippen MR) is 45.6 cm³/mol. The van der Waals surface area contributed by atoms with Gasteiger partial charge in [0.25, 0.3) is 0 Å². The van der Waals surface area contributed by atoms with Crippen molar-refractivity contribution in [3.63, 3.8) is 0 Å². The molecule has 12 heavy (non-hydrogen) atoms. The van der Waals surface area contributed by atoms with Crippen LogP contribution >= 0.6 is 0 Å². The van der Waals surface area contributed by atoms with Crippen LogP contribution in [0.4, 0.5) is 0 Å². The maximum atomic E-state index is 10.7. The van der Waals surface area contributed by atoms with Crippen LogP contribution in [0.1, 0.15) is 12.8 Å². The molecule has 2 N–H and O–H groups in total. The van der Waals surface area contributed by atoms with Crippen LogP contribution in [0, 0.1) is 0 Å². The Morgan fingerprint density at radius 2 is 2.08 bits per heavy atom. The molecule has 0 unspecified atom stereocenters. The SMILES string of the molecule is C=CN1CCCC1=O.N[SH](=O)=O. The molecule has 1 heterocycles. The average molecular weight is 192 g/mol. The summed E-state index contributed by atoms with van der Waals surface area (Å²) in [6.07, 6.45) is 3.28. The third-order valence-electron chi connectivity index (χ3n) is 1.33. The van der Waals surface area contributed by atoms with Gasteiger partial charge in [-0.2, -0.15) is 0 Å². The highest BCUT2D eigenvalue weighted by atomic mass is 32.2. The number of hydrogen-bond donors (Lipinski definition) is 2. The summed E-state index contributed by atoms with van der Waals surface area (Å²) in [4.78, 5) is 12.3. The van der Waals surface area contributed by atoms with Crippen molar-refractivity contribution in [2.24, 2.45) is 5.14 Å². The first-order valence-corrected chi connectivity index (χ1v) is 4.63. The molecule has 0 spiro atoms. The number of amides is 1. The number of nitrogens with zero attached hydrogens (tertiary/aromatic N) is 1. The smallest absolute Gasteiger partial charge is 0.226 e. The molecule has 0 aromatic carbocycles. The van der Waals surface area contributed by atoms with Crippen molar-refractivity contribution in [3.05, 3.63) is 12.8 Å². The van der Waals surface area contributed by atoms with Gasteiger partial charge in [0.2, 0.25) is 5.91 Å². The predicted octanol–water partition coefficient (Wildman–Crippen LogP) is -0.776. The zero-order chi connectivity index (χ0) is 9.56. The molecule has 1 amide bonds. The maximum absolute atomic E-state index is 10.7. The molecule has 5 nitrogen and oxygen atoms in total. The molecule has 0 bridgehead atoms. The van der Waals surface area contributed by atoms with Crippen molar-refractivity contribution in [1.82, 2.24) is 4.90 Å². The molecule has 0 atom stereocenters.